The van der Waals surface area contributed by atoms with E-state index < -0.39 is 0 Å². The van der Waals surface area contributed by atoms with E-state index in [0.29, 0.717) is 24.7 Å². The van der Waals surface area contributed by atoms with Gasteiger partial charge in [0.15, 0.2) is 0 Å². The predicted octanol–water partition coefficient (Wildman–Crippen LogP) is 3.08. The number of ether oxygens (including phenoxy) is 1. The van der Waals surface area contributed by atoms with Crippen LogP contribution >= 0.6 is 0 Å². The van der Waals surface area contributed by atoms with E-state index in [1.807, 2.05) is 34.6 Å². The molecule has 0 saturated carbocycles. The van der Waals surface area contributed by atoms with Gasteiger partial charge in [0.2, 0.25) is 0 Å². The first kappa shape index (κ1) is 18.0. The van der Waals surface area contributed by atoms with Crippen LogP contribution in [0.2, 0.25) is 0 Å². The van der Waals surface area contributed by atoms with Crippen LogP contribution < -0.4 is 5.32 Å². The van der Waals surface area contributed by atoms with E-state index in [1.165, 1.54) is 18.5 Å². The van der Waals surface area contributed by atoms with Crippen molar-refractivity contribution in [3.8, 4) is 0 Å². The molecule has 1 N–H and O–H groups in total. The van der Waals surface area contributed by atoms with Gasteiger partial charge in [-0.15, -0.1) is 0 Å². The summed E-state index contributed by atoms with van der Waals surface area (Å²) in [5, 5.41) is 3.64. The number of fused-ring (bicyclic) bond motifs is 4. The van der Waals surface area contributed by atoms with Gasteiger partial charge in [-0.2, -0.15) is 0 Å². The molecule has 3 rings (SSSR count). The molecular weight excluding hydrogens is 264 g/mol. The molecule has 3 atom stereocenters. The first-order valence-electron chi connectivity index (χ1n) is 8.60. The Balaban J connectivity index is 0.000000510. The maximum Gasteiger partial charge on any atom is 0.335 e. The van der Waals surface area contributed by atoms with Crippen LogP contribution in [0.4, 0.5) is 0 Å². The molecular formula is C17H32N2O2. The number of carbonyl (C=O) groups excluding carboxylic acids is 1. The fourth-order valence-corrected chi connectivity index (χ4v) is 3.47. The molecule has 0 aromatic rings. The van der Waals surface area contributed by atoms with Crippen LogP contribution in [0, 0.1) is 0 Å². The zero-order valence-electron chi connectivity index (χ0n) is 14.5. The molecule has 21 heavy (non-hydrogen) atoms. The standard InChI is InChI=1S/C13H20N2O2.2C2H6/c1-3-11-8(2)13(16)17-7-12-10-5-4-9(14-10)6-15(11)12;2*1-2/h9-10,12,14H,3-7H2,1-2H3;2*1-2H3/t9-,10?,12?;;/m0../s1. The molecule has 0 aromatic heterocycles. The molecule has 3 aliphatic rings. The van der Waals surface area contributed by atoms with E-state index in [-0.39, 0.29) is 5.97 Å². The molecule has 2 saturated heterocycles. The van der Waals surface area contributed by atoms with Crippen molar-refractivity contribution in [2.45, 2.75) is 78.9 Å². The second-order valence-electron chi connectivity index (χ2n) is 5.29. The van der Waals surface area contributed by atoms with E-state index in [4.69, 9.17) is 4.74 Å². The van der Waals surface area contributed by atoms with Gasteiger partial charge in [-0.25, -0.2) is 4.79 Å². The molecule has 0 aliphatic carbocycles. The summed E-state index contributed by atoms with van der Waals surface area (Å²) in [6.07, 6.45) is 3.37. The second-order valence-corrected chi connectivity index (χ2v) is 5.29. The number of nitrogens with zero attached hydrogens (tertiary/aromatic N) is 1. The summed E-state index contributed by atoms with van der Waals surface area (Å²) >= 11 is 0. The van der Waals surface area contributed by atoms with Crippen molar-refractivity contribution in [3.05, 3.63) is 11.3 Å². The number of hydrogen-bond donors (Lipinski definition) is 1. The summed E-state index contributed by atoms with van der Waals surface area (Å²) < 4.78 is 5.39. The van der Waals surface area contributed by atoms with Gasteiger partial charge in [-0.05, 0) is 26.2 Å². The van der Waals surface area contributed by atoms with Gasteiger partial charge in [0, 0.05) is 24.3 Å². The fraction of sp³-hybridized carbons (Fsp3) is 0.824. The van der Waals surface area contributed by atoms with Crippen LogP contribution in [0.5, 0.6) is 0 Å². The van der Waals surface area contributed by atoms with Crippen molar-refractivity contribution in [1.82, 2.24) is 10.2 Å². The van der Waals surface area contributed by atoms with Gasteiger partial charge in [-0.3, -0.25) is 0 Å². The Labute approximate surface area is 129 Å². The minimum absolute atomic E-state index is 0.132. The zero-order chi connectivity index (χ0) is 16.0. The number of allylic oxidation sites excluding steroid dienone is 1. The van der Waals surface area contributed by atoms with Crippen molar-refractivity contribution < 1.29 is 9.53 Å². The van der Waals surface area contributed by atoms with E-state index >= 15 is 0 Å². The molecule has 2 fully saturated rings. The van der Waals surface area contributed by atoms with Gasteiger partial charge >= 0.3 is 5.97 Å². The number of piperazine rings is 1. The minimum Gasteiger partial charge on any atom is -0.460 e. The van der Waals surface area contributed by atoms with Crippen LogP contribution in [0.15, 0.2) is 11.3 Å². The van der Waals surface area contributed by atoms with Crippen molar-refractivity contribution >= 4 is 5.97 Å². The Hall–Kier alpha value is -1.03. The van der Waals surface area contributed by atoms with E-state index in [0.717, 1.165) is 18.5 Å². The lowest BCUT2D eigenvalue weighted by atomic mass is 10.0. The molecule has 0 aromatic carbocycles. The maximum atomic E-state index is 11.8. The fourth-order valence-electron chi connectivity index (χ4n) is 3.47. The normalized spacial score (nSPS) is 30.3. The Morgan fingerprint density at radius 1 is 1.24 bits per heavy atom. The topological polar surface area (TPSA) is 41.6 Å². The second kappa shape index (κ2) is 8.42. The maximum absolute atomic E-state index is 11.8. The summed E-state index contributed by atoms with van der Waals surface area (Å²) in [5.74, 6) is -0.132. The number of esters is 1. The highest BCUT2D eigenvalue weighted by Crippen LogP contribution is 2.32. The Kier molecular flexibility index (Phi) is 7.23. The minimum atomic E-state index is -0.132. The smallest absolute Gasteiger partial charge is 0.335 e. The van der Waals surface area contributed by atoms with Crippen molar-refractivity contribution in [2.75, 3.05) is 13.2 Å². The van der Waals surface area contributed by atoms with Gasteiger partial charge in [0.25, 0.3) is 0 Å². The molecule has 2 bridgehead atoms. The van der Waals surface area contributed by atoms with Crippen LogP contribution in [0.1, 0.15) is 60.8 Å². The summed E-state index contributed by atoms with van der Waals surface area (Å²) in [6, 6.07) is 1.43. The first-order chi connectivity index (χ1) is 10.2. The highest BCUT2D eigenvalue weighted by atomic mass is 16.5. The highest BCUT2D eigenvalue weighted by Gasteiger charge is 2.43. The van der Waals surface area contributed by atoms with Crippen LogP contribution in [0.3, 0.4) is 0 Å². The predicted molar refractivity (Wildman–Crippen MR) is 87.1 cm³/mol. The van der Waals surface area contributed by atoms with Crippen molar-refractivity contribution in [1.29, 1.82) is 0 Å². The third-order valence-corrected chi connectivity index (χ3v) is 4.36. The van der Waals surface area contributed by atoms with Gasteiger partial charge in [-0.1, -0.05) is 34.6 Å². The first-order valence-corrected chi connectivity index (χ1v) is 8.60. The molecule has 3 aliphatic heterocycles. The molecule has 2 unspecified atom stereocenters. The van der Waals surface area contributed by atoms with E-state index in [1.54, 1.807) is 0 Å². The zero-order valence-corrected chi connectivity index (χ0v) is 14.5. The molecule has 0 radical (unpaired) electrons. The Morgan fingerprint density at radius 2 is 1.90 bits per heavy atom. The largest absolute Gasteiger partial charge is 0.460 e. The summed E-state index contributed by atoms with van der Waals surface area (Å²) in [7, 11) is 0. The summed E-state index contributed by atoms with van der Waals surface area (Å²) in [5.41, 5.74) is 1.99. The van der Waals surface area contributed by atoms with E-state index in [9.17, 15) is 4.79 Å². The lowest BCUT2D eigenvalue weighted by molar-refractivity contribution is -0.139. The quantitative estimate of drug-likeness (QED) is 0.755. The summed E-state index contributed by atoms with van der Waals surface area (Å²) in [6.45, 7) is 13.6. The molecule has 0 spiro atoms. The average molecular weight is 296 g/mol. The third kappa shape index (κ3) is 3.60. The molecule has 0 amide bonds. The monoisotopic (exact) mass is 296 g/mol. The molecule has 4 heteroatoms. The van der Waals surface area contributed by atoms with Gasteiger partial charge in [0.1, 0.15) is 6.61 Å². The number of carbonyl (C=O) groups is 1. The van der Waals surface area contributed by atoms with Gasteiger partial charge < -0.3 is 15.0 Å². The SMILES string of the molecule is CC.CC.CCC1=C(C)C(=O)OCC2C3CC[C@@H](CN12)N3. The molecule has 3 heterocycles. The van der Waals surface area contributed by atoms with E-state index in [2.05, 4.69) is 17.1 Å². The highest BCUT2D eigenvalue weighted by molar-refractivity contribution is 5.88. The average Bonchev–Trinajstić information content (AvgIpc) is 2.88. The lowest BCUT2D eigenvalue weighted by Gasteiger charge is -2.42. The van der Waals surface area contributed by atoms with Crippen LogP contribution in [-0.4, -0.2) is 42.1 Å². The molecule has 122 valence electrons. The van der Waals surface area contributed by atoms with Gasteiger partial charge in [0.05, 0.1) is 11.6 Å². The third-order valence-electron chi connectivity index (χ3n) is 4.36. The lowest BCUT2D eigenvalue weighted by Crippen LogP contribution is -2.58. The van der Waals surface area contributed by atoms with Crippen molar-refractivity contribution in [2.24, 2.45) is 0 Å². The van der Waals surface area contributed by atoms with Crippen LogP contribution in [-0.2, 0) is 9.53 Å². The van der Waals surface area contributed by atoms with Crippen LogP contribution in [0.25, 0.3) is 0 Å². The molecule has 4 nitrogen and oxygen atoms in total. The summed E-state index contributed by atoms with van der Waals surface area (Å²) in [4.78, 5) is 14.2. The number of hydrogen-bond acceptors (Lipinski definition) is 4. The number of cyclic esters (lactones) is 1. The number of rotatable bonds is 1. The Morgan fingerprint density at radius 3 is 2.52 bits per heavy atom. The van der Waals surface area contributed by atoms with Crippen molar-refractivity contribution in [3.63, 3.8) is 0 Å². The Bertz CT molecular complexity index is 379. The number of nitrogens with one attached hydrogen (secondary N) is 1.